The minimum Gasteiger partial charge on any atom is -0.305 e. The van der Waals surface area contributed by atoms with Crippen LogP contribution in [0.2, 0.25) is 0 Å². The third-order valence-corrected chi connectivity index (χ3v) is 2.49. The maximum Gasteiger partial charge on any atom is 0.146 e. The van der Waals surface area contributed by atoms with Crippen LogP contribution in [0.15, 0.2) is 0 Å². The molecule has 0 aromatic carbocycles. The second kappa shape index (κ2) is 6.18. The van der Waals surface area contributed by atoms with Crippen LogP contribution >= 0.6 is 0 Å². The van der Waals surface area contributed by atoms with E-state index in [0.717, 1.165) is 19.3 Å². The molecule has 84 valence electrons. The van der Waals surface area contributed by atoms with Crippen LogP contribution in [-0.2, 0) is 4.79 Å². The lowest BCUT2D eigenvalue weighted by atomic mass is 9.96. The normalized spacial score (nSPS) is 12.1. The highest BCUT2D eigenvalue weighted by atomic mass is 16.1. The summed E-state index contributed by atoms with van der Waals surface area (Å²) in [6, 6.07) is 0. The zero-order valence-electron chi connectivity index (χ0n) is 10.3. The van der Waals surface area contributed by atoms with Crippen LogP contribution < -0.4 is 5.32 Å². The molecule has 0 saturated heterocycles. The van der Waals surface area contributed by atoms with Gasteiger partial charge in [0.25, 0.3) is 0 Å². The summed E-state index contributed by atoms with van der Waals surface area (Å²) >= 11 is 0. The van der Waals surface area contributed by atoms with Crippen LogP contribution in [-0.4, -0.2) is 17.9 Å². The molecule has 0 aliphatic heterocycles. The monoisotopic (exact) mass is 199 g/mol. The summed E-state index contributed by atoms with van der Waals surface area (Å²) in [7, 11) is 0. The number of ketones is 1. The van der Waals surface area contributed by atoms with Crippen molar-refractivity contribution < 1.29 is 4.79 Å². The molecule has 0 saturated carbocycles. The van der Waals surface area contributed by atoms with Crippen LogP contribution in [0.4, 0.5) is 0 Å². The topological polar surface area (TPSA) is 29.1 Å². The number of hydrogen-bond acceptors (Lipinski definition) is 2. The van der Waals surface area contributed by atoms with Gasteiger partial charge >= 0.3 is 0 Å². The highest BCUT2D eigenvalue weighted by Gasteiger charge is 2.13. The Labute approximate surface area is 88.5 Å². The Bertz CT molecular complexity index is 166. The average Bonchev–Trinajstić information content (AvgIpc) is 2.09. The summed E-state index contributed by atoms with van der Waals surface area (Å²) < 4.78 is 0. The smallest absolute Gasteiger partial charge is 0.146 e. The van der Waals surface area contributed by atoms with E-state index in [1.807, 2.05) is 0 Å². The lowest BCUT2D eigenvalue weighted by molar-refractivity contribution is -0.119. The summed E-state index contributed by atoms with van der Waals surface area (Å²) in [6.45, 7) is 11.1. The van der Waals surface area contributed by atoms with Gasteiger partial charge in [-0.25, -0.2) is 0 Å². The van der Waals surface area contributed by atoms with E-state index in [-0.39, 0.29) is 5.54 Å². The molecular formula is C12H25NO. The molecule has 0 spiro atoms. The van der Waals surface area contributed by atoms with Gasteiger partial charge in [0, 0.05) is 12.0 Å². The molecule has 0 unspecified atom stereocenters. The van der Waals surface area contributed by atoms with Crippen molar-refractivity contribution in [2.75, 3.05) is 6.54 Å². The second-order valence-corrected chi connectivity index (χ2v) is 5.03. The van der Waals surface area contributed by atoms with E-state index in [2.05, 4.69) is 39.9 Å². The number of nitrogens with one attached hydrogen (secondary N) is 1. The molecule has 0 amide bonds. The minimum absolute atomic E-state index is 0.0452. The second-order valence-electron chi connectivity index (χ2n) is 5.03. The number of Topliss-reactive ketones (excluding diaryl/α,β-unsaturated/α-hetero) is 1. The fourth-order valence-electron chi connectivity index (χ4n) is 1.34. The number of rotatable bonds is 6. The predicted molar refractivity (Wildman–Crippen MR) is 61.5 cm³/mol. The first-order valence-electron chi connectivity index (χ1n) is 5.65. The van der Waals surface area contributed by atoms with Crippen molar-refractivity contribution in [3.63, 3.8) is 0 Å². The number of hydrogen-bond donors (Lipinski definition) is 1. The molecular weight excluding hydrogens is 174 g/mol. The Balaban J connectivity index is 3.75. The largest absolute Gasteiger partial charge is 0.305 e. The van der Waals surface area contributed by atoms with Gasteiger partial charge < -0.3 is 5.32 Å². The first kappa shape index (κ1) is 13.6. The predicted octanol–water partition coefficient (Wildman–Crippen LogP) is 2.77. The van der Waals surface area contributed by atoms with Gasteiger partial charge in [0.15, 0.2) is 0 Å². The van der Waals surface area contributed by atoms with Crippen molar-refractivity contribution in [3.05, 3.63) is 0 Å². The number of carbonyl (C=O) groups is 1. The molecule has 0 aliphatic carbocycles. The molecule has 14 heavy (non-hydrogen) atoms. The average molecular weight is 199 g/mol. The van der Waals surface area contributed by atoms with Crippen molar-refractivity contribution >= 4 is 5.78 Å². The molecule has 0 radical (unpaired) electrons. The van der Waals surface area contributed by atoms with E-state index < -0.39 is 0 Å². The first-order valence-corrected chi connectivity index (χ1v) is 5.65. The minimum atomic E-state index is 0.0452. The van der Waals surface area contributed by atoms with Crippen LogP contribution in [0.5, 0.6) is 0 Å². The van der Waals surface area contributed by atoms with Crippen molar-refractivity contribution in [2.45, 2.75) is 59.4 Å². The van der Waals surface area contributed by atoms with Gasteiger partial charge in [0.05, 0.1) is 6.54 Å². The Hall–Kier alpha value is -0.370. The maximum absolute atomic E-state index is 11.6. The summed E-state index contributed by atoms with van der Waals surface area (Å²) in [4.78, 5) is 11.6. The van der Waals surface area contributed by atoms with Crippen LogP contribution in [0.25, 0.3) is 0 Å². The van der Waals surface area contributed by atoms with Crippen molar-refractivity contribution in [2.24, 2.45) is 5.92 Å². The SMILES string of the molecule is CCC(CC)CC(=O)CNC(C)(C)C. The van der Waals surface area contributed by atoms with Gasteiger partial charge in [-0.05, 0) is 26.7 Å². The Kier molecular flexibility index (Phi) is 6.01. The van der Waals surface area contributed by atoms with Gasteiger partial charge in [-0.15, -0.1) is 0 Å². The fraction of sp³-hybridized carbons (Fsp3) is 0.917. The Morgan fingerprint density at radius 3 is 2.07 bits per heavy atom. The van der Waals surface area contributed by atoms with E-state index in [1.165, 1.54) is 0 Å². The number of carbonyl (C=O) groups excluding carboxylic acids is 1. The van der Waals surface area contributed by atoms with Crippen molar-refractivity contribution in [1.82, 2.24) is 5.32 Å². The molecule has 0 fully saturated rings. The molecule has 0 aromatic heterocycles. The van der Waals surface area contributed by atoms with Crippen molar-refractivity contribution in [3.8, 4) is 0 Å². The lowest BCUT2D eigenvalue weighted by Gasteiger charge is -2.20. The zero-order valence-corrected chi connectivity index (χ0v) is 10.3. The Morgan fingerprint density at radius 2 is 1.71 bits per heavy atom. The first-order chi connectivity index (χ1) is 6.39. The third kappa shape index (κ3) is 7.07. The van der Waals surface area contributed by atoms with Gasteiger partial charge in [-0.3, -0.25) is 4.79 Å². The molecule has 1 N–H and O–H groups in total. The molecule has 2 heteroatoms. The van der Waals surface area contributed by atoms with Crippen LogP contribution in [0.1, 0.15) is 53.9 Å². The molecule has 0 aliphatic rings. The zero-order chi connectivity index (χ0) is 11.2. The van der Waals surface area contributed by atoms with E-state index in [9.17, 15) is 4.79 Å². The Morgan fingerprint density at radius 1 is 1.21 bits per heavy atom. The summed E-state index contributed by atoms with van der Waals surface area (Å²) in [5.41, 5.74) is 0.0452. The van der Waals surface area contributed by atoms with Gasteiger partial charge in [0.2, 0.25) is 0 Å². The van der Waals surface area contributed by atoms with E-state index >= 15 is 0 Å². The van der Waals surface area contributed by atoms with Gasteiger partial charge in [-0.2, -0.15) is 0 Å². The standard InChI is InChI=1S/C12H25NO/c1-6-10(7-2)8-11(14)9-13-12(3,4)5/h10,13H,6-9H2,1-5H3. The van der Waals surface area contributed by atoms with E-state index in [1.54, 1.807) is 0 Å². The molecule has 0 bridgehead atoms. The third-order valence-electron chi connectivity index (χ3n) is 2.49. The molecule has 0 aromatic rings. The van der Waals surface area contributed by atoms with Crippen molar-refractivity contribution in [1.29, 1.82) is 0 Å². The molecule has 0 heterocycles. The van der Waals surface area contributed by atoms with Crippen LogP contribution in [0.3, 0.4) is 0 Å². The lowest BCUT2D eigenvalue weighted by Crippen LogP contribution is -2.39. The van der Waals surface area contributed by atoms with E-state index in [0.29, 0.717) is 18.2 Å². The summed E-state index contributed by atoms with van der Waals surface area (Å²) in [5.74, 6) is 0.915. The van der Waals surface area contributed by atoms with E-state index in [4.69, 9.17) is 0 Å². The summed E-state index contributed by atoms with van der Waals surface area (Å²) in [6.07, 6.45) is 2.95. The van der Waals surface area contributed by atoms with Gasteiger partial charge in [-0.1, -0.05) is 26.7 Å². The molecule has 0 rings (SSSR count). The highest BCUT2D eigenvalue weighted by Crippen LogP contribution is 2.12. The highest BCUT2D eigenvalue weighted by molar-refractivity contribution is 5.80. The molecule has 2 nitrogen and oxygen atoms in total. The summed E-state index contributed by atoms with van der Waals surface area (Å²) in [5, 5.41) is 3.23. The van der Waals surface area contributed by atoms with Gasteiger partial charge in [0.1, 0.15) is 5.78 Å². The van der Waals surface area contributed by atoms with Crippen LogP contribution in [0, 0.1) is 5.92 Å². The maximum atomic E-state index is 11.6. The fourth-order valence-corrected chi connectivity index (χ4v) is 1.34. The molecule has 0 atom stereocenters. The quantitative estimate of drug-likeness (QED) is 0.712.